The highest BCUT2D eigenvalue weighted by molar-refractivity contribution is 14.1. The third-order valence-electron chi connectivity index (χ3n) is 3.62. The lowest BCUT2D eigenvalue weighted by Crippen LogP contribution is -2.25. The molecule has 0 radical (unpaired) electrons. The number of halogens is 4. The first kappa shape index (κ1) is 17.7. The van der Waals surface area contributed by atoms with E-state index in [0.717, 1.165) is 5.56 Å². The van der Waals surface area contributed by atoms with Crippen molar-refractivity contribution in [3.63, 3.8) is 0 Å². The lowest BCUT2D eigenvalue weighted by atomic mass is 10.1. The number of alkyl halides is 3. The zero-order chi connectivity index (χ0) is 16.2. The predicted octanol–water partition coefficient (Wildman–Crippen LogP) is 4.27. The summed E-state index contributed by atoms with van der Waals surface area (Å²) in [5.41, 5.74) is 0.979. The summed E-state index contributed by atoms with van der Waals surface area (Å²) in [5.74, 6) is 0.476. The van der Waals surface area contributed by atoms with Gasteiger partial charge in [0.25, 0.3) is 0 Å². The van der Waals surface area contributed by atoms with Crippen molar-refractivity contribution < 1.29 is 22.6 Å². The van der Waals surface area contributed by atoms with Gasteiger partial charge in [0.15, 0.2) is 18.1 Å². The van der Waals surface area contributed by atoms with Gasteiger partial charge >= 0.3 is 6.18 Å². The normalized spacial score (nSPS) is 16.0. The number of rotatable bonds is 6. The molecule has 1 fully saturated rings. The van der Waals surface area contributed by atoms with Crippen molar-refractivity contribution in [3.8, 4) is 11.5 Å². The quantitative estimate of drug-likeness (QED) is 0.686. The van der Waals surface area contributed by atoms with Crippen LogP contribution in [0.1, 0.15) is 31.2 Å². The first-order valence-corrected chi connectivity index (χ1v) is 8.26. The Labute approximate surface area is 141 Å². The van der Waals surface area contributed by atoms with Gasteiger partial charge < -0.3 is 14.8 Å². The highest BCUT2D eigenvalue weighted by Gasteiger charge is 2.29. The molecule has 1 aliphatic carbocycles. The molecular formula is C15H19F3INO2. The maximum absolute atomic E-state index is 12.3. The van der Waals surface area contributed by atoms with Crippen molar-refractivity contribution in [3.05, 3.63) is 21.3 Å². The molecule has 1 N–H and O–H groups in total. The Bertz CT molecular complexity index is 502. The van der Waals surface area contributed by atoms with Crippen LogP contribution in [0.2, 0.25) is 0 Å². The summed E-state index contributed by atoms with van der Waals surface area (Å²) in [6, 6.07) is 4.09. The molecule has 1 saturated carbocycles. The van der Waals surface area contributed by atoms with E-state index >= 15 is 0 Å². The number of nitrogens with one attached hydrogen (secondary N) is 1. The van der Waals surface area contributed by atoms with E-state index in [2.05, 4.69) is 5.32 Å². The van der Waals surface area contributed by atoms with Gasteiger partial charge in [0.2, 0.25) is 0 Å². The van der Waals surface area contributed by atoms with Crippen molar-refractivity contribution in [1.29, 1.82) is 0 Å². The summed E-state index contributed by atoms with van der Waals surface area (Å²) >= 11 is 1.97. The highest BCUT2D eigenvalue weighted by atomic mass is 127. The smallest absolute Gasteiger partial charge is 0.422 e. The van der Waals surface area contributed by atoms with Gasteiger partial charge in [-0.25, -0.2) is 0 Å². The number of hydrogen-bond acceptors (Lipinski definition) is 3. The van der Waals surface area contributed by atoms with Gasteiger partial charge in [-0.2, -0.15) is 13.2 Å². The third-order valence-corrected chi connectivity index (χ3v) is 4.42. The van der Waals surface area contributed by atoms with Gasteiger partial charge in [0.05, 0.1) is 10.7 Å². The molecule has 0 bridgehead atoms. The molecular weight excluding hydrogens is 410 g/mol. The zero-order valence-corrected chi connectivity index (χ0v) is 14.5. The molecule has 1 aromatic rings. The second kappa shape index (κ2) is 7.72. The van der Waals surface area contributed by atoms with Crippen LogP contribution in [-0.2, 0) is 6.54 Å². The molecule has 0 spiro atoms. The summed E-state index contributed by atoms with van der Waals surface area (Å²) in [7, 11) is 1.43. The van der Waals surface area contributed by atoms with Crippen LogP contribution in [0.5, 0.6) is 11.5 Å². The Balaban J connectivity index is 2.05. The fourth-order valence-electron chi connectivity index (χ4n) is 2.56. The summed E-state index contributed by atoms with van der Waals surface area (Å²) in [4.78, 5) is 0. The molecule has 0 aromatic heterocycles. The van der Waals surface area contributed by atoms with Gasteiger partial charge in [-0.1, -0.05) is 12.8 Å². The minimum atomic E-state index is -4.36. The Kier molecular flexibility index (Phi) is 6.19. The van der Waals surface area contributed by atoms with Crippen molar-refractivity contribution in [2.75, 3.05) is 13.7 Å². The van der Waals surface area contributed by atoms with Crippen molar-refractivity contribution in [1.82, 2.24) is 5.32 Å². The van der Waals surface area contributed by atoms with E-state index in [4.69, 9.17) is 9.47 Å². The topological polar surface area (TPSA) is 30.5 Å². The lowest BCUT2D eigenvalue weighted by Gasteiger charge is -2.17. The molecule has 0 saturated heterocycles. The average molecular weight is 429 g/mol. The van der Waals surface area contributed by atoms with E-state index < -0.39 is 12.8 Å². The van der Waals surface area contributed by atoms with Crippen LogP contribution in [0.25, 0.3) is 0 Å². The van der Waals surface area contributed by atoms with Gasteiger partial charge in [-0.15, -0.1) is 0 Å². The molecule has 1 aromatic carbocycles. The summed E-state index contributed by atoms with van der Waals surface area (Å²) in [6.07, 6.45) is 0.504. The second-order valence-electron chi connectivity index (χ2n) is 5.38. The lowest BCUT2D eigenvalue weighted by molar-refractivity contribution is -0.153. The number of benzene rings is 1. The predicted molar refractivity (Wildman–Crippen MR) is 86.4 cm³/mol. The number of ether oxygens (including phenoxy) is 2. The zero-order valence-electron chi connectivity index (χ0n) is 12.3. The van der Waals surface area contributed by atoms with E-state index in [9.17, 15) is 13.2 Å². The van der Waals surface area contributed by atoms with E-state index in [-0.39, 0.29) is 5.75 Å². The standard InChI is InChI=1S/C15H19F3INO2/c1-21-13-7-10(8-20-11-4-2-3-5-11)6-12(19)14(13)22-9-15(16,17)18/h6-7,11,20H,2-5,8-9H2,1H3. The van der Waals surface area contributed by atoms with Gasteiger partial charge in [0.1, 0.15) is 0 Å². The number of methoxy groups -OCH3 is 1. The third kappa shape index (κ3) is 5.19. The molecule has 3 nitrogen and oxygen atoms in total. The van der Waals surface area contributed by atoms with Crippen LogP contribution in [-0.4, -0.2) is 25.9 Å². The second-order valence-corrected chi connectivity index (χ2v) is 6.54. The van der Waals surface area contributed by atoms with E-state index in [1.54, 1.807) is 6.07 Å². The number of hydrogen-bond donors (Lipinski definition) is 1. The first-order chi connectivity index (χ1) is 10.4. The van der Waals surface area contributed by atoms with Crippen LogP contribution in [0.4, 0.5) is 13.2 Å². The van der Waals surface area contributed by atoms with E-state index in [0.29, 0.717) is 21.9 Å². The largest absolute Gasteiger partial charge is 0.493 e. The Morgan fingerprint density at radius 1 is 1.27 bits per heavy atom. The highest BCUT2D eigenvalue weighted by Crippen LogP contribution is 2.35. The minimum Gasteiger partial charge on any atom is -0.493 e. The van der Waals surface area contributed by atoms with Crippen LogP contribution >= 0.6 is 22.6 Å². The van der Waals surface area contributed by atoms with Gasteiger partial charge in [0, 0.05) is 12.6 Å². The molecule has 0 heterocycles. The molecule has 1 aliphatic rings. The molecule has 22 heavy (non-hydrogen) atoms. The van der Waals surface area contributed by atoms with E-state index in [1.807, 2.05) is 28.7 Å². The van der Waals surface area contributed by atoms with Crippen molar-refractivity contribution in [2.45, 2.75) is 44.4 Å². The Hall–Kier alpha value is -0.700. The maximum atomic E-state index is 12.3. The van der Waals surface area contributed by atoms with Crippen LogP contribution in [0.3, 0.4) is 0 Å². The Morgan fingerprint density at radius 3 is 2.55 bits per heavy atom. The molecule has 0 aliphatic heterocycles. The fraction of sp³-hybridized carbons (Fsp3) is 0.600. The van der Waals surface area contributed by atoms with Crippen LogP contribution < -0.4 is 14.8 Å². The molecule has 2 rings (SSSR count). The van der Waals surface area contributed by atoms with Gasteiger partial charge in [-0.3, -0.25) is 0 Å². The Morgan fingerprint density at radius 2 is 1.95 bits per heavy atom. The molecule has 124 valence electrons. The molecule has 7 heteroatoms. The molecule has 0 atom stereocenters. The van der Waals surface area contributed by atoms with Crippen LogP contribution in [0.15, 0.2) is 12.1 Å². The summed E-state index contributed by atoms with van der Waals surface area (Å²) in [6.45, 7) is -0.643. The van der Waals surface area contributed by atoms with Crippen molar-refractivity contribution >= 4 is 22.6 Å². The van der Waals surface area contributed by atoms with Crippen LogP contribution in [0, 0.1) is 3.57 Å². The van der Waals surface area contributed by atoms with Gasteiger partial charge in [-0.05, 0) is 53.1 Å². The first-order valence-electron chi connectivity index (χ1n) is 7.18. The summed E-state index contributed by atoms with van der Waals surface area (Å²) in [5, 5.41) is 3.47. The monoisotopic (exact) mass is 429 g/mol. The summed E-state index contributed by atoms with van der Waals surface area (Å²) < 4.78 is 47.6. The fourth-order valence-corrected chi connectivity index (χ4v) is 3.38. The molecule has 0 amide bonds. The van der Waals surface area contributed by atoms with Crippen molar-refractivity contribution in [2.24, 2.45) is 0 Å². The molecule has 0 unspecified atom stereocenters. The maximum Gasteiger partial charge on any atom is 0.422 e. The minimum absolute atomic E-state index is 0.144. The average Bonchev–Trinajstić information content (AvgIpc) is 2.95. The SMILES string of the molecule is COc1cc(CNC2CCCC2)cc(I)c1OCC(F)(F)F. The van der Waals surface area contributed by atoms with E-state index in [1.165, 1.54) is 32.8 Å².